The highest BCUT2D eigenvalue weighted by molar-refractivity contribution is 5.30. The zero-order valence-corrected chi connectivity index (χ0v) is 11.1. The molecule has 1 rings (SSSR count). The Bertz CT molecular complexity index is 315. The molecule has 90 valence electrons. The monoisotopic (exact) mass is 219 g/mol. The molecule has 1 N–H and O–H groups in total. The van der Waals surface area contributed by atoms with Crippen LogP contribution in [0.15, 0.2) is 18.2 Å². The summed E-state index contributed by atoms with van der Waals surface area (Å²) in [5.41, 5.74) is 4.17. The number of hydrogen-bond donors (Lipinski definition) is 1. The molecule has 0 heterocycles. The van der Waals surface area contributed by atoms with Crippen molar-refractivity contribution in [1.29, 1.82) is 0 Å². The van der Waals surface area contributed by atoms with E-state index in [1.54, 1.807) is 0 Å². The molecule has 0 saturated heterocycles. The van der Waals surface area contributed by atoms with Crippen LogP contribution >= 0.6 is 0 Å². The molecule has 0 fully saturated rings. The highest BCUT2D eigenvalue weighted by Gasteiger charge is 1.98. The van der Waals surface area contributed by atoms with Crippen LogP contribution in [-0.2, 0) is 6.54 Å². The summed E-state index contributed by atoms with van der Waals surface area (Å²) in [6.45, 7) is 11.0. The van der Waals surface area contributed by atoms with Gasteiger partial charge in [-0.05, 0) is 50.3 Å². The number of nitrogens with one attached hydrogen (secondary N) is 1. The van der Waals surface area contributed by atoms with E-state index in [1.165, 1.54) is 29.5 Å². The van der Waals surface area contributed by atoms with Gasteiger partial charge >= 0.3 is 0 Å². The Morgan fingerprint density at radius 2 is 1.94 bits per heavy atom. The maximum absolute atomic E-state index is 3.52. The number of rotatable bonds is 6. The van der Waals surface area contributed by atoms with Crippen molar-refractivity contribution in [3.05, 3.63) is 34.9 Å². The summed E-state index contributed by atoms with van der Waals surface area (Å²) in [7, 11) is 0. The molecule has 0 amide bonds. The van der Waals surface area contributed by atoms with Crippen LogP contribution in [0.25, 0.3) is 0 Å². The Kier molecular flexibility index (Phi) is 5.54. The van der Waals surface area contributed by atoms with Gasteiger partial charge in [0.25, 0.3) is 0 Å². The second kappa shape index (κ2) is 6.70. The van der Waals surface area contributed by atoms with Crippen molar-refractivity contribution in [3.8, 4) is 0 Å². The summed E-state index contributed by atoms with van der Waals surface area (Å²) >= 11 is 0. The second-order valence-corrected chi connectivity index (χ2v) is 5.14. The molecule has 1 aromatic rings. The summed E-state index contributed by atoms with van der Waals surface area (Å²) in [4.78, 5) is 0. The van der Waals surface area contributed by atoms with Gasteiger partial charge in [-0.15, -0.1) is 0 Å². The topological polar surface area (TPSA) is 12.0 Å². The molecule has 1 heteroatoms. The zero-order valence-electron chi connectivity index (χ0n) is 11.1. The van der Waals surface area contributed by atoms with Crippen LogP contribution in [0.4, 0.5) is 0 Å². The molecule has 1 aromatic carbocycles. The Morgan fingerprint density at radius 1 is 1.19 bits per heavy atom. The lowest BCUT2D eigenvalue weighted by molar-refractivity contribution is 0.527. The lowest BCUT2D eigenvalue weighted by atomic mass is 10.1. The first-order chi connectivity index (χ1) is 7.59. The molecule has 0 radical (unpaired) electrons. The molecule has 0 bridgehead atoms. The van der Waals surface area contributed by atoms with Gasteiger partial charge in [0.1, 0.15) is 0 Å². The van der Waals surface area contributed by atoms with Crippen molar-refractivity contribution >= 4 is 0 Å². The molecule has 0 aliphatic carbocycles. The standard InChI is InChI=1S/C15H25N/c1-12(2)6-5-9-16-11-15-8-7-13(3)10-14(15)4/h7-8,10,12,16H,5-6,9,11H2,1-4H3. The molecule has 0 unspecified atom stereocenters. The summed E-state index contributed by atoms with van der Waals surface area (Å²) in [5.74, 6) is 0.822. The van der Waals surface area contributed by atoms with Crippen molar-refractivity contribution in [2.75, 3.05) is 6.54 Å². The molecular formula is C15H25N. The fourth-order valence-electron chi connectivity index (χ4n) is 1.90. The van der Waals surface area contributed by atoms with Crippen LogP contribution < -0.4 is 5.32 Å². The van der Waals surface area contributed by atoms with Gasteiger partial charge in [0.2, 0.25) is 0 Å². The van der Waals surface area contributed by atoms with Crippen LogP contribution in [0.3, 0.4) is 0 Å². The Morgan fingerprint density at radius 3 is 2.56 bits per heavy atom. The molecule has 1 nitrogen and oxygen atoms in total. The first-order valence-electron chi connectivity index (χ1n) is 6.36. The van der Waals surface area contributed by atoms with Crippen LogP contribution in [0, 0.1) is 19.8 Å². The van der Waals surface area contributed by atoms with E-state index in [-0.39, 0.29) is 0 Å². The molecule has 0 aliphatic rings. The maximum atomic E-state index is 3.52. The third-order valence-corrected chi connectivity index (χ3v) is 2.95. The summed E-state index contributed by atoms with van der Waals surface area (Å²) < 4.78 is 0. The number of aryl methyl sites for hydroxylation is 2. The van der Waals surface area contributed by atoms with Gasteiger partial charge in [0.05, 0.1) is 0 Å². The molecule has 16 heavy (non-hydrogen) atoms. The quantitative estimate of drug-likeness (QED) is 0.717. The Labute approximate surface area is 100 Å². The Balaban J connectivity index is 2.27. The third kappa shape index (κ3) is 4.80. The predicted octanol–water partition coefficient (Wildman–Crippen LogP) is 3.83. The first-order valence-corrected chi connectivity index (χ1v) is 6.36. The van der Waals surface area contributed by atoms with E-state index in [0.717, 1.165) is 19.0 Å². The van der Waals surface area contributed by atoms with Crippen LogP contribution in [0.5, 0.6) is 0 Å². The minimum absolute atomic E-state index is 0.822. The lowest BCUT2D eigenvalue weighted by Gasteiger charge is -2.09. The highest BCUT2D eigenvalue weighted by Crippen LogP contribution is 2.10. The van der Waals surface area contributed by atoms with Crippen LogP contribution in [0.2, 0.25) is 0 Å². The summed E-state index contributed by atoms with van der Waals surface area (Å²) in [6.07, 6.45) is 2.60. The number of hydrogen-bond acceptors (Lipinski definition) is 1. The van der Waals surface area contributed by atoms with Gasteiger partial charge < -0.3 is 5.32 Å². The molecule has 0 spiro atoms. The molecule has 0 aliphatic heterocycles. The van der Waals surface area contributed by atoms with Gasteiger partial charge in [-0.3, -0.25) is 0 Å². The van der Waals surface area contributed by atoms with E-state index in [1.807, 2.05) is 0 Å². The van der Waals surface area contributed by atoms with Crippen molar-refractivity contribution in [2.45, 2.75) is 47.1 Å². The largest absolute Gasteiger partial charge is 0.313 e. The van der Waals surface area contributed by atoms with Gasteiger partial charge in [0.15, 0.2) is 0 Å². The first kappa shape index (κ1) is 13.2. The van der Waals surface area contributed by atoms with Crippen LogP contribution in [0.1, 0.15) is 43.4 Å². The van der Waals surface area contributed by atoms with Crippen molar-refractivity contribution in [3.63, 3.8) is 0 Å². The van der Waals surface area contributed by atoms with Crippen molar-refractivity contribution < 1.29 is 0 Å². The average molecular weight is 219 g/mol. The molecular weight excluding hydrogens is 194 g/mol. The fraction of sp³-hybridized carbons (Fsp3) is 0.600. The maximum Gasteiger partial charge on any atom is 0.0208 e. The summed E-state index contributed by atoms with van der Waals surface area (Å²) in [6, 6.07) is 6.68. The minimum atomic E-state index is 0.822. The van der Waals surface area contributed by atoms with Gasteiger partial charge in [-0.25, -0.2) is 0 Å². The Hall–Kier alpha value is -0.820. The van der Waals surface area contributed by atoms with E-state index in [9.17, 15) is 0 Å². The SMILES string of the molecule is Cc1ccc(CNCCCC(C)C)c(C)c1. The smallest absolute Gasteiger partial charge is 0.0208 e. The van der Waals surface area contributed by atoms with E-state index in [2.05, 4.69) is 51.2 Å². The highest BCUT2D eigenvalue weighted by atomic mass is 14.8. The normalized spacial score (nSPS) is 11.1. The predicted molar refractivity (Wildman–Crippen MR) is 71.7 cm³/mol. The fourth-order valence-corrected chi connectivity index (χ4v) is 1.90. The van der Waals surface area contributed by atoms with E-state index >= 15 is 0 Å². The van der Waals surface area contributed by atoms with Crippen molar-refractivity contribution in [1.82, 2.24) is 5.32 Å². The number of benzene rings is 1. The van der Waals surface area contributed by atoms with Gasteiger partial charge in [0, 0.05) is 6.54 Å². The van der Waals surface area contributed by atoms with Crippen LogP contribution in [-0.4, -0.2) is 6.54 Å². The molecule has 0 saturated carbocycles. The van der Waals surface area contributed by atoms with Crippen molar-refractivity contribution in [2.24, 2.45) is 5.92 Å². The second-order valence-electron chi connectivity index (χ2n) is 5.14. The third-order valence-electron chi connectivity index (χ3n) is 2.95. The van der Waals surface area contributed by atoms with E-state index in [0.29, 0.717) is 0 Å². The molecule has 0 aromatic heterocycles. The van der Waals surface area contributed by atoms with Gasteiger partial charge in [-0.2, -0.15) is 0 Å². The zero-order chi connectivity index (χ0) is 12.0. The summed E-state index contributed by atoms with van der Waals surface area (Å²) in [5, 5.41) is 3.52. The van der Waals surface area contributed by atoms with E-state index in [4.69, 9.17) is 0 Å². The lowest BCUT2D eigenvalue weighted by Crippen LogP contribution is -2.15. The average Bonchev–Trinajstić information content (AvgIpc) is 2.20. The van der Waals surface area contributed by atoms with E-state index < -0.39 is 0 Å². The minimum Gasteiger partial charge on any atom is -0.313 e. The van der Waals surface area contributed by atoms with Gasteiger partial charge in [-0.1, -0.05) is 37.6 Å². The molecule has 0 atom stereocenters.